The van der Waals surface area contributed by atoms with Crippen LogP contribution in [0.15, 0.2) is 0 Å². The first kappa shape index (κ1) is 10.3. The second kappa shape index (κ2) is 2.86. The van der Waals surface area contributed by atoms with E-state index in [0.29, 0.717) is 0 Å². The number of halogens is 1. The molecule has 1 saturated heterocycles. The van der Waals surface area contributed by atoms with E-state index in [2.05, 4.69) is 27.7 Å². The molecule has 0 unspecified atom stereocenters. The summed E-state index contributed by atoms with van der Waals surface area (Å²) in [6, 6.07) is 0.282. The third-order valence-electron chi connectivity index (χ3n) is 2.59. The SMILES string of the molecule is CC1(C)CC(N)CC(C)(C)N1Cl. The van der Waals surface area contributed by atoms with Crippen LogP contribution in [0, 0.1) is 0 Å². The van der Waals surface area contributed by atoms with Gasteiger partial charge in [-0.25, -0.2) is 4.42 Å². The van der Waals surface area contributed by atoms with Crippen molar-refractivity contribution in [1.29, 1.82) is 0 Å². The molecule has 1 heterocycles. The predicted molar refractivity (Wildman–Crippen MR) is 53.1 cm³/mol. The van der Waals surface area contributed by atoms with Crippen LogP contribution >= 0.6 is 11.8 Å². The van der Waals surface area contributed by atoms with Crippen molar-refractivity contribution in [2.45, 2.75) is 57.7 Å². The molecule has 2 N–H and O–H groups in total. The predicted octanol–water partition coefficient (Wildman–Crippen LogP) is 2.12. The lowest BCUT2D eigenvalue weighted by molar-refractivity contribution is 0.0467. The molecule has 1 aliphatic heterocycles. The monoisotopic (exact) mass is 190 g/mol. The first-order valence-electron chi connectivity index (χ1n) is 4.47. The Hall–Kier alpha value is 0.210. The number of hydrogen-bond acceptors (Lipinski definition) is 2. The van der Waals surface area contributed by atoms with Crippen molar-refractivity contribution in [3.63, 3.8) is 0 Å². The summed E-state index contributed by atoms with van der Waals surface area (Å²) in [5.74, 6) is 0. The average Bonchev–Trinajstić information content (AvgIpc) is 1.80. The first-order chi connectivity index (χ1) is 5.26. The molecule has 0 spiro atoms. The van der Waals surface area contributed by atoms with E-state index >= 15 is 0 Å². The van der Waals surface area contributed by atoms with Crippen LogP contribution in [0.3, 0.4) is 0 Å². The third kappa shape index (κ3) is 1.76. The Bertz CT molecular complexity index is 159. The molecule has 0 aromatic carbocycles. The quantitative estimate of drug-likeness (QED) is 0.593. The summed E-state index contributed by atoms with van der Waals surface area (Å²) in [7, 11) is 0. The van der Waals surface area contributed by atoms with Gasteiger partial charge in [-0.1, -0.05) is 0 Å². The third-order valence-corrected chi connectivity index (χ3v) is 3.50. The molecule has 0 radical (unpaired) electrons. The van der Waals surface area contributed by atoms with Gasteiger partial charge in [0.05, 0.1) is 0 Å². The molecule has 0 aliphatic carbocycles. The van der Waals surface area contributed by atoms with Crippen LogP contribution in [0.5, 0.6) is 0 Å². The first-order valence-corrected chi connectivity index (χ1v) is 4.81. The fraction of sp³-hybridized carbons (Fsp3) is 1.00. The van der Waals surface area contributed by atoms with Gasteiger partial charge in [0.2, 0.25) is 0 Å². The maximum Gasteiger partial charge on any atom is 0.0326 e. The van der Waals surface area contributed by atoms with Gasteiger partial charge in [-0.05, 0) is 52.3 Å². The maximum atomic E-state index is 6.24. The van der Waals surface area contributed by atoms with Crippen LogP contribution in [0.4, 0.5) is 0 Å². The van der Waals surface area contributed by atoms with Gasteiger partial charge in [0.15, 0.2) is 0 Å². The molecule has 2 nitrogen and oxygen atoms in total. The highest BCUT2D eigenvalue weighted by atomic mass is 35.5. The van der Waals surface area contributed by atoms with Crippen molar-refractivity contribution in [2.75, 3.05) is 0 Å². The van der Waals surface area contributed by atoms with Gasteiger partial charge in [-0.3, -0.25) is 0 Å². The van der Waals surface area contributed by atoms with Crippen molar-refractivity contribution in [3.05, 3.63) is 0 Å². The largest absolute Gasteiger partial charge is 0.328 e. The van der Waals surface area contributed by atoms with E-state index in [1.165, 1.54) is 0 Å². The summed E-state index contributed by atoms with van der Waals surface area (Å²) in [5, 5.41) is 0. The molecule has 0 atom stereocenters. The number of hydrogen-bond donors (Lipinski definition) is 1. The van der Waals surface area contributed by atoms with Gasteiger partial charge in [0.1, 0.15) is 0 Å². The number of piperidine rings is 1. The van der Waals surface area contributed by atoms with Crippen LogP contribution < -0.4 is 5.73 Å². The fourth-order valence-electron chi connectivity index (χ4n) is 2.34. The average molecular weight is 191 g/mol. The second-order valence-corrected chi connectivity index (χ2v) is 5.41. The Kier molecular flexibility index (Phi) is 2.45. The molecule has 1 aliphatic rings. The molecule has 72 valence electrons. The van der Waals surface area contributed by atoms with E-state index < -0.39 is 0 Å². The lowest BCUT2D eigenvalue weighted by Gasteiger charge is -2.50. The van der Waals surface area contributed by atoms with E-state index in [1.54, 1.807) is 0 Å². The Morgan fingerprint density at radius 2 is 1.50 bits per heavy atom. The van der Waals surface area contributed by atoms with Crippen molar-refractivity contribution in [1.82, 2.24) is 4.42 Å². The Morgan fingerprint density at radius 1 is 1.17 bits per heavy atom. The number of nitrogens with two attached hydrogens (primary N) is 1. The summed E-state index contributed by atoms with van der Waals surface area (Å²) in [6.07, 6.45) is 1.94. The molecule has 1 fully saturated rings. The molecule has 0 aromatic rings. The highest BCUT2D eigenvalue weighted by molar-refractivity contribution is 6.14. The van der Waals surface area contributed by atoms with Gasteiger partial charge >= 0.3 is 0 Å². The zero-order valence-corrected chi connectivity index (χ0v) is 9.15. The standard InChI is InChI=1S/C9H19ClN2/c1-8(2)5-7(11)6-9(3,4)12(8)10/h7H,5-6,11H2,1-4H3. The van der Waals surface area contributed by atoms with Crippen LogP contribution in [0.25, 0.3) is 0 Å². The van der Waals surface area contributed by atoms with E-state index in [4.69, 9.17) is 17.5 Å². The second-order valence-electron chi connectivity index (χ2n) is 5.07. The van der Waals surface area contributed by atoms with Crippen LogP contribution in [-0.2, 0) is 0 Å². The highest BCUT2D eigenvalue weighted by Gasteiger charge is 2.43. The summed E-state index contributed by atoms with van der Waals surface area (Å²) < 4.78 is 1.92. The molecular formula is C9H19ClN2. The topological polar surface area (TPSA) is 29.3 Å². The Balaban J connectivity index is 2.84. The van der Waals surface area contributed by atoms with Crippen LogP contribution in [-0.4, -0.2) is 21.5 Å². The van der Waals surface area contributed by atoms with E-state index in [-0.39, 0.29) is 17.1 Å². The summed E-state index contributed by atoms with van der Waals surface area (Å²) >= 11 is 6.24. The molecule has 12 heavy (non-hydrogen) atoms. The van der Waals surface area contributed by atoms with Gasteiger partial charge in [0.25, 0.3) is 0 Å². The minimum Gasteiger partial charge on any atom is -0.328 e. The lowest BCUT2D eigenvalue weighted by atomic mass is 9.80. The highest BCUT2D eigenvalue weighted by Crippen LogP contribution is 2.38. The van der Waals surface area contributed by atoms with Crippen molar-refractivity contribution in [2.24, 2.45) is 5.73 Å². The minimum atomic E-state index is 0.0166. The molecule has 3 heteroatoms. The molecular weight excluding hydrogens is 172 g/mol. The smallest absolute Gasteiger partial charge is 0.0326 e. The van der Waals surface area contributed by atoms with E-state index in [0.717, 1.165) is 12.8 Å². The molecule has 0 amide bonds. The van der Waals surface area contributed by atoms with Crippen LogP contribution in [0.2, 0.25) is 0 Å². The van der Waals surface area contributed by atoms with Crippen molar-refractivity contribution in [3.8, 4) is 0 Å². The lowest BCUT2D eigenvalue weighted by Crippen LogP contribution is -2.59. The fourth-order valence-corrected chi connectivity index (χ4v) is 2.47. The molecule has 0 saturated carbocycles. The molecule has 0 bridgehead atoms. The normalized spacial score (nSPS) is 30.5. The van der Waals surface area contributed by atoms with Gasteiger partial charge in [-0.15, -0.1) is 0 Å². The summed E-state index contributed by atoms with van der Waals surface area (Å²) in [5.41, 5.74) is 6.00. The zero-order valence-electron chi connectivity index (χ0n) is 8.39. The summed E-state index contributed by atoms with van der Waals surface area (Å²) in [6.45, 7) is 8.56. The van der Waals surface area contributed by atoms with Gasteiger partial charge < -0.3 is 5.73 Å². The van der Waals surface area contributed by atoms with E-state index in [1.807, 2.05) is 4.42 Å². The zero-order chi connectivity index (χ0) is 9.57. The minimum absolute atomic E-state index is 0.0166. The Labute approximate surface area is 80.2 Å². The van der Waals surface area contributed by atoms with Crippen LogP contribution in [0.1, 0.15) is 40.5 Å². The molecule has 1 rings (SSSR count). The van der Waals surface area contributed by atoms with E-state index in [9.17, 15) is 0 Å². The summed E-state index contributed by atoms with van der Waals surface area (Å²) in [4.78, 5) is 0. The Morgan fingerprint density at radius 3 is 1.83 bits per heavy atom. The van der Waals surface area contributed by atoms with Gasteiger partial charge in [-0.2, -0.15) is 0 Å². The number of rotatable bonds is 0. The van der Waals surface area contributed by atoms with Gasteiger partial charge in [0, 0.05) is 17.1 Å². The molecule has 0 aromatic heterocycles. The maximum absolute atomic E-state index is 6.24. The van der Waals surface area contributed by atoms with Crippen molar-refractivity contribution < 1.29 is 0 Å². The number of nitrogens with zero attached hydrogens (tertiary/aromatic N) is 1. The van der Waals surface area contributed by atoms with Crippen molar-refractivity contribution >= 4 is 11.8 Å².